The van der Waals surface area contributed by atoms with Crippen molar-refractivity contribution in [3.05, 3.63) is 48.3 Å². The van der Waals surface area contributed by atoms with Crippen LogP contribution in [0.15, 0.2) is 37.1 Å². The molecule has 3 heterocycles. The van der Waals surface area contributed by atoms with Crippen molar-refractivity contribution >= 4 is 0 Å². The molecule has 0 bridgehead atoms. The molecule has 1 atom stereocenters. The molecule has 0 aromatic carbocycles. The molecular weight excluding hydrogens is 212 g/mol. The summed E-state index contributed by atoms with van der Waals surface area (Å²) in [6.45, 7) is 1.96. The summed E-state index contributed by atoms with van der Waals surface area (Å²) in [5, 5.41) is 3.51. The van der Waals surface area contributed by atoms with Crippen LogP contribution in [0.5, 0.6) is 0 Å². The number of nitrogens with one attached hydrogen (secondary N) is 1. The molecule has 1 saturated heterocycles. The smallest absolute Gasteiger partial charge is 0.0951 e. The predicted molar refractivity (Wildman–Crippen MR) is 65.5 cm³/mol. The molecule has 88 valence electrons. The summed E-state index contributed by atoms with van der Waals surface area (Å²) in [5.74, 6) is 0. The summed E-state index contributed by atoms with van der Waals surface area (Å²) in [6.07, 6.45) is 10.0. The molecule has 1 aliphatic heterocycles. The lowest BCUT2D eigenvalue weighted by Gasteiger charge is -2.13. The third-order valence-corrected chi connectivity index (χ3v) is 3.24. The average molecular weight is 228 g/mol. The van der Waals surface area contributed by atoms with Gasteiger partial charge in [-0.2, -0.15) is 0 Å². The molecule has 0 amide bonds. The van der Waals surface area contributed by atoms with Gasteiger partial charge in [-0.3, -0.25) is 4.98 Å². The summed E-state index contributed by atoms with van der Waals surface area (Å²) in [7, 11) is 0. The minimum absolute atomic E-state index is 0.467. The Labute approximate surface area is 101 Å². The van der Waals surface area contributed by atoms with E-state index in [1.54, 1.807) is 6.20 Å². The zero-order valence-corrected chi connectivity index (χ0v) is 9.71. The van der Waals surface area contributed by atoms with Gasteiger partial charge in [0.1, 0.15) is 0 Å². The fraction of sp³-hybridized carbons (Fsp3) is 0.385. The Morgan fingerprint density at radius 2 is 2.35 bits per heavy atom. The van der Waals surface area contributed by atoms with Gasteiger partial charge in [-0.25, -0.2) is 4.98 Å². The van der Waals surface area contributed by atoms with Crippen molar-refractivity contribution in [1.82, 2.24) is 19.9 Å². The van der Waals surface area contributed by atoms with E-state index in [0.717, 1.165) is 13.1 Å². The van der Waals surface area contributed by atoms with Crippen molar-refractivity contribution < 1.29 is 0 Å². The number of hydrogen-bond donors (Lipinski definition) is 1. The van der Waals surface area contributed by atoms with Crippen molar-refractivity contribution in [1.29, 1.82) is 0 Å². The number of rotatable bonds is 3. The Balaban J connectivity index is 1.81. The molecule has 0 spiro atoms. The lowest BCUT2D eigenvalue weighted by molar-refractivity contribution is 0.584. The van der Waals surface area contributed by atoms with E-state index in [2.05, 4.69) is 25.9 Å². The fourth-order valence-electron chi connectivity index (χ4n) is 2.38. The molecule has 0 aliphatic carbocycles. The highest BCUT2D eigenvalue weighted by Crippen LogP contribution is 2.22. The first-order valence-corrected chi connectivity index (χ1v) is 6.06. The van der Waals surface area contributed by atoms with Crippen LogP contribution in [0, 0.1) is 0 Å². The normalized spacial score (nSPS) is 19.6. The Morgan fingerprint density at radius 1 is 1.35 bits per heavy atom. The molecule has 4 nitrogen and oxygen atoms in total. The van der Waals surface area contributed by atoms with Gasteiger partial charge in [0.05, 0.1) is 18.6 Å². The van der Waals surface area contributed by atoms with Crippen LogP contribution in [-0.2, 0) is 6.54 Å². The van der Waals surface area contributed by atoms with Crippen LogP contribution in [0.3, 0.4) is 0 Å². The molecule has 2 aromatic heterocycles. The molecule has 1 fully saturated rings. The minimum atomic E-state index is 0.467. The Bertz CT molecular complexity index is 471. The van der Waals surface area contributed by atoms with Crippen molar-refractivity contribution in [3.8, 4) is 0 Å². The van der Waals surface area contributed by atoms with Crippen molar-refractivity contribution in [2.75, 3.05) is 6.54 Å². The van der Waals surface area contributed by atoms with E-state index < -0.39 is 0 Å². The number of pyridine rings is 1. The van der Waals surface area contributed by atoms with Gasteiger partial charge >= 0.3 is 0 Å². The highest BCUT2D eigenvalue weighted by atomic mass is 15.1. The molecule has 0 unspecified atom stereocenters. The molecular formula is C13H16N4. The lowest BCUT2D eigenvalue weighted by atomic mass is 10.1. The van der Waals surface area contributed by atoms with Crippen molar-refractivity contribution in [2.45, 2.75) is 25.4 Å². The Kier molecular flexibility index (Phi) is 2.88. The second kappa shape index (κ2) is 4.67. The van der Waals surface area contributed by atoms with Crippen LogP contribution in [0.2, 0.25) is 0 Å². The maximum atomic E-state index is 4.27. The molecule has 0 radical (unpaired) electrons. The van der Waals surface area contributed by atoms with Crippen LogP contribution >= 0.6 is 0 Å². The lowest BCUT2D eigenvalue weighted by Crippen LogP contribution is -2.17. The van der Waals surface area contributed by atoms with Gasteiger partial charge in [0.25, 0.3) is 0 Å². The van der Waals surface area contributed by atoms with Crippen molar-refractivity contribution in [3.63, 3.8) is 0 Å². The Hall–Kier alpha value is -1.68. The first-order chi connectivity index (χ1) is 8.43. The van der Waals surface area contributed by atoms with E-state index in [0.29, 0.717) is 6.04 Å². The van der Waals surface area contributed by atoms with Gasteiger partial charge in [-0.1, -0.05) is 6.07 Å². The Morgan fingerprint density at radius 3 is 3.12 bits per heavy atom. The van der Waals surface area contributed by atoms with Gasteiger partial charge in [-0.15, -0.1) is 0 Å². The van der Waals surface area contributed by atoms with E-state index >= 15 is 0 Å². The molecule has 2 aromatic rings. The third-order valence-electron chi connectivity index (χ3n) is 3.24. The summed E-state index contributed by atoms with van der Waals surface area (Å²) in [5.41, 5.74) is 2.50. The number of imidazole rings is 1. The van der Waals surface area contributed by atoms with Gasteiger partial charge < -0.3 is 9.88 Å². The molecule has 4 heteroatoms. The maximum absolute atomic E-state index is 4.27. The van der Waals surface area contributed by atoms with Gasteiger partial charge in [-0.05, 0) is 31.0 Å². The topological polar surface area (TPSA) is 42.7 Å². The molecule has 1 aliphatic rings. The molecule has 17 heavy (non-hydrogen) atoms. The van der Waals surface area contributed by atoms with Crippen molar-refractivity contribution in [2.24, 2.45) is 0 Å². The highest BCUT2D eigenvalue weighted by Gasteiger charge is 2.19. The number of aromatic nitrogens is 3. The van der Waals surface area contributed by atoms with E-state index in [-0.39, 0.29) is 0 Å². The van der Waals surface area contributed by atoms with Crippen LogP contribution in [0.25, 0.3) is 0 Å². The number of nitrogens with zero attached hydrogens (tertiary/aromatic N) is 3. The van der Waals surface area contributed by atoms with E-state index in [4.69, 9.17) is 0 Å². The quantitative estimate of drug-likeness (QED) is 0.870. The van der Waals surface area contributed by atoms with E-state index in [1.165, 1.54) is 24.1 Å². The van der Waals surface area contributed by atoms with Crippen LogP contribution < -0.4 is 5.32 Å². The second-order valence-corrected chi connectivity index (χ2v) is 4.46. The summed E-state index contributed by atoms with van der Waals surface area (Å²) < 4.78 is 2.21. The second-order valence-electron chi connectivity index (χ2n) is 4.46. The maximum Gasteiger partial charge on any atom is 0.0951 e. The standard InChI is InChI=1S/C13H16N4/c1-3-11(7-14-5-1)9-17-10-15-8-13(17)12-4-2-6-16-12/h1,3,5,7-8,10,12,16H,2,4,6,9H2/t12-/m0/s1. The zero-order chi connectivity index (χ0) is 11.5. The van der Waals surface area contributed by atoms with Gasteiger partial charge in [0, 0.05) is 24.6 Å². The van der Waals surface area contributed by atoms with Gasteiger partial charge in [0.15, 0.2) is 0 Å². The van der Waals surface area contributed by atoms with Gasteiger partial charge in [0.2, 0.25) is 0 Å². The predicted octanol–water partition coefficient (Wildman–Crippen LogP) is 1.75. The first kappa shape index (κ1) is 10.5. The average Bonchev–Trinajstić information content (AvgIpc) is 3.00. The van der Waals surface area contributed by atoms with E-state index in [1.807, 2.05) is 24.8 Å². The molecule has 1 N–H and O–H groups in total. The first-order valence-electron chi connectivity index (χ1n) is 6.06. The number of hydrogen-bond acceptors (Lipinski definition) is 3. The summed E-state index contributed by atoms with van der Waals surface area (Å²) >= 11 is 0. The SMILES string of the molecule is c1cncc(Cn2cncc2[C@@H]2CCCN2)c1. The summed E-state index contributed by atoms with van der Waals surface area (Å²) in [6, 6.07) is 4.53. The molecule has 3 rings (SSSR count). The van der Waals surface area contributed by atoms with Crippen LogP contribution in [-0.4, -0.2) is 21.1 Å². The van der Waals surface area contributed by atoms with Crippen LogP contribution in [0.1, 0.15) is 30.1 Å². The largest absolute Gasteiger partial charge is 0.329 e. The van der Waals surface area contributed by atoms with E-state index in [9.17, 15) is 0 Å². The van der Waals surface area contributed by atoms with Crippen LogP contribution in [0.4, 0.5) is 0 Å². The monoisotopic (exact) mass is 228 g/mol. The molecule has 0 saturated carbocycles. The minimum Gasteiger partial charge on any atom is -0.329 e. The zero-order valence-electron chi connectivity index (χ0n) is 9.71. The summed E-state index contributed by atoms with van der Waals surface area (Å²) in [4.78, 5) is 8.41. The highest BCUT2D eigenvalue weighted by molar-refractivity contribution is 5.13. The third kappa shape index (κ3) is 2.22. The fourth-order valence-corrected chi connectivity index (χ4v) is 2.38.